The highest BCUT2D eigenvalue weighted by Gasteiger charge is 2.23. The van der Waals surface area contributed by atoms with E-state index in [0.717, 1.165) is 50.4 Å². The number of benzene rings is 1. The van der Waals surface area contributed by atoms with E-state index in [1.165, 1.54) is 6.07 Å². The lowest BCUT2D eigenvalue weighted by molar-refractivity contribution is 0.320. The van der Waals surface area contributed by atoms with Gasteiger partial charge in [0.05, 0.1) is 0 Å². The molecule has 2 heterocycles. The number of aryl methyl sites for hydroxylation is 2. The average Bonchev–Trinajstić information content (AvgIpc) is 3.09. The first kappa shape index (κ1) is 14.3. The Balaban J connectivity index is 1.48. The molecule has 1 atom stereocenters. The van der Waals surface area contributed by atoms with Gasteiger partial charge in [-0.1, -0.05) is 12.1 Å². The van der Waals surface area contributed by atoms with E-state index in [1.54, 1.807) is 6.07 Å². The lowest BCUT2D eigenvalue weighted by Crippen LogP contribution is -2.22. The first-order valence-electron chi connectivity index (χ1n) is 7.68. The molecule has 1 aliphatic heterocycles. The first-order valence-corrected chi connectivity index (χ1v) is 7.68. The van der Waals surface area contributed by atoms with Crippen LogP contribution in [0.15, 0.2) is 36.7 Å². The summed E-state index contributed by atoms with van der Waals surface area (Å²) in [7, 11) is 0. The molecule has 4 heteroatoms. The molecule has 21 heavy (non-hydrogen) atoms. The van der Waals surface area contributed by atoms with E-state index >= 15 is 0 Å². The van der Waals surface area contributed by atoms with Crippen LogP contribution in [-0.4, -0.2) is 34.1 Å². The quantitative estimate of drug-likeness (QED) is 0.842. The van der Waals surface area contributed by atoms with Crippen LogP contribution in [0.1, 0.15) is 30.1 Å². The second kappa shape index (κ2) is 6.39. The Morgan fingerprint density at radius 2 is 2.24 bits per heavy atom. The highest BCUT2D eigenvalue weighted by atomic mass is 19.1. The lowest BCUT2D eigenvalue weighted by Gasteiger charge is -2.16. The number of halogens is 1. The minimum absolute atomic E-state index is 0.124. The van der Waals surface area contributed by atoms with Crippen molar-refractivity contribution >= 4 is 0 Å². The Kier molecular flexibility index (Phi) is 4.34. The van der Waals surface area contributed by atoms with Crippen LogP contribution in [0.5, 0.6) is 0 Å². The van der Waals surface area contributed by atoms with E-state index < -0.39 is 0 Å². The second-order valence-corrected chi connectivity index (χ2v) is 5.86. The Morgan fingerprint density at radius 1 is 1.33 bits per heavy atom. The first-order chi connectivity index (χ1) is 10.2. The number of imidazole rings is 1. The molecule has 2 aromatic rings. The average molecular weight is 287 g/mol. The topological polar surface area (TPSA) is 21.1 Å². The summed E-state index contributed by atoms with van der Waals surface area (Å²) in [4.78, 5) is 6.73. The van der Waals surface area contributed by atoms with Crippen molar-refractivity contribution in [3.8, 4) is 0 Å². The van der Waals surface area contributed by atoms with E-state index in [1.807, 2.05) is 31.5 Å². The summed E-state index contributed by atoms with van der Waals surface area (Å²) in [5.41, 5.74) is 1.14. The van der Waals surface area contributed by atoms with Gasteiger partial charge < -0.3 is 9.47 Å². The van der Waals surface area contributed by atoms with Gasteiger partial charge in [0.2, 0.25) is 0 Å². The minimum Gasteiger partial charge on any atom is -0.335 e. The zero-order valence-electron chi connectivity index (χ0n) is 12.5. The Labute approximate surface area is 125 Å². The van der Waals surface area contributed by atoms with Crippen LogP contribution in [0, 0.1) is 12.7 Å². The zero-order chi connectivity index (χ0) is 14.7. The van der Waals surface area contributed by atoms with Crippen molar-refractivity contribution in [3.05, 3.63) is 53.9 Å². The van der Waals surface area contributed by atoms with E-state index in [2.05, 4.69) is 14.5 Å². The van der Waals surface area contributed by atoms with Crippen molar-refractivity contribution in [1.82, 2.24) is 14.5 Å². The van der Waals surface area contributed by atoms with Gasteiger partial charge in [0.15, 0.2) is 0 Å². The predicted octanol–water partition coefficient (Wildman–Crippen LogP) is 3.21. The maximum atomic E-state index is 13.3. The Hall–Kier alpha value is -1.68. The molecule has 3 rings (SSSR count). The van der Waals surface area contributed by atoms with Crippen LogP contribution in [0.4, 0.5) is 4.39 Å². The molecule has 0 bridgehead atoms. The molecule has 112 valence electrons. The summed E-state index contributed by atoms with van der Waals surface area (Å²) in [6, 6.07) is 7.06. The van der Waals surface area contributed by atoms with Crippen molar-refractivity contribution < 1.29 is 4.39 Å². The van der Waals surface area contributed by atoms with Gasteiger partial charge in [-0.25, -0.2) is 9.37 Å². The largest absolute Gasteiger partial charge is 0.335 e. The standard InChI is InChI=1S/C17H22FN3/c1-14-19-7-11-21(14)9-3-8-20-10-6-16(13-20)15-4-2-5-17(18)12-15/h2,4-5,7,11-12,16H,3,6,8-10,13H2,1H3/t16-/m0/s1. The molecule has 0 N–H and O–H groups in total. The SMILES string of the molecule is Cc1nccn1CCCN1CC[C@H](c2cccc(F)c2)C1. The minimum atomic E-state index is -0.124. The van der Waals surface area contributed by atoms with E-state index in [4.69, 9.17) is 0 Å². The van der Waals surface area contributed by atoms with Crippen LogP contribution in [0.3, 0.4) is 0 Å². The second-order valence-electron chi connectivity index (χ2n) is 5.86. The molecule has 0 spiro atoms. The third kappa shape index (κ3) is 3.50. The molecule has 1 saturated heterocycles. The molecule has 0 amide bonds. The normalized spacial score (nSPS) is 19.2. The van der Waals surface area contributed by atoms with Crippen molar-refractivity contribution in [3.63, 3.8) is 0 Å². The maximum Gasteiger partial charge on any atom is 0.123 e. The van der Waals surface area contributed by atoms with Gasteiger partial charge in [-0.15, -0.1) is 0 Å². The fourth-order valence-corrected chi connectivity index (χ4v) is 3.17. The lowest BCUT2D eigenvalue weighted by atomic mass is 9.98. The van der Waals surface area contributed by atoms with Gasteiger partial charge in [0, 0.05) is 25.5 Å². The fourth-order valence-electron chi connectivity index (χ4n) is 3.17. The van der Waals surface area contributed by atoms with Crippen LogP contribution in [0.2, 0.25) is 0 Å². The van der Waals surface area contributed by atoms with Crippen molar-refractivity contribution in [2.75, 3.05) is 19.6 Å². The molecule has 0 aliphatic carbocycles. The number of likely N-dealkylation sites (tertiary alicyclic amines) is 1. The summed E-state index contributed by atoms with van der Waals surface area (Å²) in [6.45, 7) is 6.32. The molecular weight excluding hydrogens is 265 g/mol. The maximum absolute atomic E-state index is 13.3. The Bertz CT molecular complexity index is 593. The van der Waals surface area contributed by atoms with Crippen LogP contribution >= 0.6 is 0 Å². The predicted molar refractivity (Wildman–Crippen MR) is 81.8 cm³/mol. The third-order valence-electron chi connectivity index (χ3n) is 4.39. The monoisotopic (exact) mass is 287 g/mol. The number of nitrogens with zero attached hydrogens (tertiary/aromatic N) is 3. The number of hydrogen-bond donors (Lipinski definition) is 0. The van der Waals surface area contributed by atoms with Crippen LogP contribution in [0.25, 0.3) is 0 Å². The summed E-state index contributed by atoms with van der Waals surface area (Å²) < 4.78 is 15.5. The zero-order valence-corrected chi connectivity index (χ0v) is 12.5. The molecular formula is C17H22FN3. The summed E-state index contributed by atoms with van der Waals surface area (Å²) in [5, 5.41) is 0. The molecule has 0 radical (unpaired) electrons. The van der Waals surface area contributed by atoms with E-state index in [9.17, 15) is 4.39 Å². The number of hydrogen-bond acceptors (Lipinski definition) is 2. The van der Waals surface area contributed by atoms with Gasteiger partial charge in [0.25, 0.3) is 0 Å². The molecule has 1 aliphatic rings. The highest BCUT2D eigenvalue weighted by molar-refractivity contribution is 5.22. The molecule has 1 fully saturated rings. The van der Waals surface area contributed by atoms with Gasteiger partial charge in [0.1, 0.15) is 11.6 Å². The van der Waals surface area contributed by atoms with Crippen molar-refractivity contribution in [2.45, 2.75) is 32.2 Å². The highest BCUT2D eigenvalue weighted by Crippen LogP contribution is 2.27. The number of aromatic nitrogens is 2. The van der Waals surface area contributed by atoms with E-state index in [0.29, 0.717) is 5.92 Å². The van der Waals surface area contributed by atoms with Gasteiger partial charge in [-0.3, -0.25) is 0 Å². The fraction of sp³-hybridized carbons (Fsp3) is 0.471. The third-order valence-corrected chi connectivity index (χ3v) is 4.39. The summed E-state index contributed by atoms with van der Waals surface area (Å²) >= 11 is 0. The molecule has 3 nitrogen and oxygen atoms in total. The molecule has 1 aromatic carbocycles. The smallest absolute Gasteiger partial charge is 0.123 e. The molecule has 1 aromatic heterocycles. The Morgan fingerprint density at radius 3 is 3.00 bits per heavy atom. The summed E-state index contributed by atoms with van der Waals surface area (Å²) in [6.07, 6.45) is 6.15. The number of rotatable bonds is 5. The molecule has 0 unspecified atom stereocenters. The van der Waals surface area contributed by atoms with E-state index in [-0.39, 0.29) is 5.82 Å². The van der Waals surface area contributed by atoms with Crippen LogP contribution < -0.4 is 0 Å². The van der Waals surface area contributed by atoms with Crippen LogP contribution in [-0.2, 0) is 6.54 Å². The van der Waals surface area contributed by atoms with Crippen molar-refractivity contribution in [1.29, 1.82) is 0 Å². The van der Waals surface area contributed by atoms with Gasteiger partial charge in [-0.2, -0.15) is 0 Å². The van der Waals surface area contributed by atoms with Gasteiger partial charge >= 0.3 is 0 Å². The summed E-state index contributed by atoms with van der Waals surface area (Å²) in [5.74, 6) is 1.44. The van der Waals surface area contributed by atoms with Crippen molar-refractivity contribution in [2.24, 2.45) is 0 Å². The molecule has 0 saturated carbocycles. The van der Waals surface area contributed by atoms with Gasteiger partial charge in [-0.05, 0) is 56.5 Å².